The Kier molecular flexibility index (Phi) is 6.74. The Morgan fingerprint density at radius 2 is 2.12 bits per heavy atom. The number of phenolic OH excluding ortho intramolecular Hbond substituents is 1. The van der Waals surface area contributed by atoms with Crippen LogP contribution in [0.15, 0.2) is 53.4 Å². The third kappa shape index (κ3) is 4.61. The van der Waals surface area contributed by atoms with Crippen molar-refractivity contribution in [2.45, 2.75) is 50.5 Å². The number of nitrogens with zero attached hydrogens (tertiary/aromatic N) is 4. The van der Waals surface area contributed by atoms with Gasteiger partial charge in [0, 0.05) is 30.8 Å². The van der Waals surface area contributed by atoms with Gasteiger partial charge in [0.25, 0.3) is 0 Å². The molecule has 2 aliphatic rings. The fourth-order valence-corrected chi connectivity index (χ4v) is 4.74. The lowest BCUT2D eigenvalue weighted by molar-refractivity contribution is 0.176. The maximum atomic E-state index is 14.9. The van der Waals surface area contributed by atoms with Crippen LogP contribution in [0, 0.1) is 0 Å². The van der Waals surface area contributed by atoms with E-state index in [4.69, 9.17) is 4.74 Å². The second-order valence-electron chi connectivity index (χ2n) is 8.50. The smallest absolute Gasteiger partial charge is 0.212 e. The predicted molar refractivity (Wildman–Crippen MR) is 129 cm³/mol. The SMILES string of the molecule is C=N/C(=C\C(=C/C)c1ccc(-c2ccc(N(C)[C@@H]3CC4CCC(N4)[C@@H]3F)nn2)c(O)c1)OC. The van der Waals surface area contributed by atoms with Crippen molar-refractivity contribution >= 4 is 18.1 Å². The van der Waals surface area contributed by atoms with Crippen molar-refractivity contribution < 1.29 is 14.2 Å². The van der Waals surface area contributed by atoms with Crippen LogP contribution in [0.5, 0.6) is 5.75 Å². The molecule has 8 heteroatoms. The highest BCUT2D eigenvalue weighted by molar-refractivity contribution is 5.78. The standard InChI is InChI=1S/C25H30FN5O2/c1-5-15(13-24(27-2)33-4)16-6-8-18(22(32)12-16)19-10-11-23(30-29-19)31(3)21-14-17-7-9-20(28-17)25(21)26/h5-6,8,10-13,17,20-21,25,28,32H,2,7,9,14H2,1,3-4H3/b15-5+,24-13+/t17?,20?,21-,25+/m1/s1. The summed E-state index contributed by atoms with van der Waals surface area (Å²) in [6, 6.07) is 9.06. The molecule has 4 atom stereocenters. The number of hydrogen-bond donors (Lipinski definition) is 2. The van der Waals surface area contributed by atoms with Crippen molar-refractivity contribution in [3.63, 3.8) is 0 Å². The number of allylic oxidation sites excluding steroid dienone is 3. The molecule has 2 aliphatic heterocycles. The van der Waals surface area contributed by atoms with Gasteiger partial charge in [0.05, 0.1) is 18.8 Å². The molecule has 0 aliphatic carbocycles. The van der Waals surface area contributed by atoms with E-state index in [2.05, 4.69) is 27.2 Å². The van der Waals surface area contributed by atoms with Crippen LogP contribution in [-0.4, -0.2) is 60.5 Å². The maximum absolute atomic E-state index is 14.9. The van der Waals surface area contributed by atoms with Crippen molar-refractivity contribution in [3.8, 4) is 17.0 Å². The zero-order valence-electron chi connectivity index (χ0n) is 19.2. The number of benzene rings is 1. The van der Waals surface area contributed by atoms with E-state index in [0.29, 0.717) is 29.0 Å². The number of piperidine rings is 1. The minimum Gasteiger partial charge on any atom is -0.507 e. The van der Waals surface area contributed by atoms with Crippen molar-refractivity contribution in [3.05, 3.63) is 53.9 Å². The van der Waals surface area contributed by atoms with Crippen molar-refractivity contribution in [1.29, 1.82) is 0 Å². The molecule has 2 aromatic rings. The van der Waals surface area contributed by atoms with Gasteiger partial charge in [0.1, 0.15) is 11.9 Å². The van der Waals surface area contributed by atoms with Gasteiger partial charge in [-0.1, -0.05) is 12.1 Å². The average Bonchev–Trinajstić information content (AvgIpc) is 3.25. The first-order valence-corrected chi connectivity index (χ1v) is 11.1. The van der Waals surface area contributed by atoms with E-state index in [1.54, 1.807) is 24.3 Å². The molecular weight excluding hydrogens is 421 g/mol. The first kappa shape index (κ1) is 22.9. The van der Waals surface area contributed by atoms with Crippen LogP contribution in [-0.2, 0) is 4.74 Å². The summed E-state index contributed by atoms with van der Waals surface area (Å²) in [5, 5.41) is 22.7. The quantitative estimate of drug-likeness (QED) is 0.375. The molecule has 0 radical (unpaired) electrons. The Labute approximate surface area is 193 Å². The monoisotopic (exact) mass is 451 g/mol. The molecule has 174 valence electrons. The van der Waals surface area contributed by atoms with Gasteiger partial charge in [-0.15, -0.1) is 10.2 Å². The minimum atomic E-state index is -0.934. The number of fused-ring (bicyclic) bond motifs is 2. The number of hydrogen-bond acceptors (Lipinski definition) is 7. The highest BCUT2D eigenvalue weighted by Gasteiger charge is 2.43. The molecule has 0 amide bonds. The zero-order chi connectivity index (χ0) is 23.5. The Morgan fingerprint density at radius 1 is 1.30 bits per heavy atom. The van der Waals surface area contributed by atoms with E-state index in [1.807, 2.05) is 37.1 Å². The summed E-state index contributed by atoms with van der Waals surface area (Å²) in [6.45, 7) is 5.38. The topological polar surface area (TPSA) is 82.9 Å². The number of aromatic nitrogens is 2. The Balaban J connectivity index is 1.53. The van der Waals surface area contributed by atoms with Gasteiger partial charge in [-0.25, -0.2) is 9.38 Å². The number of phenols is 1. The molecule has 2 unspecified atom stereocenters. The summed E-state index contributed by atoms with van der Waals surface area (Å²) < 4.78 is 20.1. The van der Waals surface area contributed by atoms with Gasteiger partial charge in [-0.3, -0.25) is 0 Å². The van der Waals surface area contributed by atoms with Gasteiger partial charge in [-0.05, 0) is 68.3 Å². The molecule has 1 aromatic heterocycles. The molecule has 4 rings (SSSR count). The van der Waals surface area contributed by atoms with Crippen LogP contribution < -0.4 is 10.2 Å². The molecular formula is C25H30FN5O2. The summed E-state index contributed by atoms with van der Waals surface area (Å²) >= 11 is 0. The lowest BCUT2D eigenvalue weighted by Crippen LogP contribution is -2.55. The molecule has 2 N–H and O–H groups in total. The van der Waals surface area contributed by atoms with E-state index in [0.717, 1.165) is 30.4 Å². The van der Waals surface area contributed by atoms with Crippen LogP contribution in [0.1, 0.15) is 31.7 Å². The van der Waals surface area contributed by atoms with Crippen LogP contribution in [0.3, 0.4) is 0 Å². The Hall–Kier alpha value is -3.26. The fraction of sp³-hybridized carbons (Fsp3) is 0.400. The number of aromatic hydroxyl groups is 1. The van der Waals surface area contributed by atoms with E-state index < -0.39 is 6.17 Å². The molecule has 0 saturated carbocycles. The van der Waals surface area contributed by atoms with Gasteiger partial charge in [0.15, 0.2) is 5.82 Å². The summed E-state index contributed by atoms with van der Waals surface area (Å²) in [5.74, 6) is 1.09. The zero-order valence-corrected chi connectivity index (χ0v) is 19.2. The predicted octanol–water partition coefficient (Wildman–Crippen LogP) is 4.11. The summed E-state index contributed by atoms with van der Waals surface area (Å²) in [4.78, 5) is 5.71. The number of alkyl halides is 1. The van der Waals surface area contributed by atoms with Gasteiger partial charge < -0.3 is 20.1 Å². The first-order chi connectivity index (χ1) is 15.9. The molecule has 7 nitrogen and oxygen atoms in total. The highest BCUT2D eigenvalue weighted by atomic mass is 19.1. The summed E-state index contributed by atoms with van der Waals surface area (Å²) in [6.07, 6.45) is 5.38. The minimum absolute atomic E-state index is 0.0713. The second-order valence-corrected chi connectivity index (χ2v) is 8.50. The fourth-order valence-electron chi connectivity index (χ4n) is 4.74. The van der Waals surface area contributed by atoms with E-state index in [1.165, 1.54) is 7.11 Å². The van der Waals surface area contributed by atoms with E-state index in [-0.39, 0.29) is 17.8 Å². The average molecular weight is 452 g/mol. The number of rotatable bonds is 7. The third-order valence-corrected chi connectivity index (χ3v) is 6.63. The number of nitrogens with one attached hydrogen (secondary N) is 1. The second kappa shape index (κ2) is 9.70. The number of ether oxygens (including phenoxy) is 1. The van der Waals surface area contributed by atoms with Crippen molar-refractivity contribution in [2.75, 3.05) is 19.1 Å². The third-order valence-electron chi connectivity index (χ3n) is 6.63. The summed E-state index contributed by atoms with van der Waals surface area (Å²) in [7, 11) is 3.40. The van der Waals surface area contributed by atoms with Gasteiger partial charge >= 0.3 is 0 Å². The number of methoxy groups -OCH3 is 1. The first-order valence-electron chi connectivity index (χ1n) is 11.1. The van der Waals surface area contributed by atoms with Crippen LogP contribution in [0.25, 0.3) is 16.8 Å². The Morgan fingerprint density at radius 3 is 2.76 bits per heavy atom. The normalized spacial score (nSPS) is 25.1. The molecule has 1 aromatic carbocycles. The number of halogens is 1. The molecule has 2 saturated heterocycles. The highest BCUT2D eigenvalue weighted by Crippen LogP contribution is 2.34. The van der Waals surface area contributed by atoms with Gasteiger partial charge in [0.2, 0.25) is 5.88 Å². The lowest BCUT2D eigenvalue weighted by atomic mass is 9.96. The van der Waals surface area contributed by atoms with Crippen molar-refractivity contribution in [2.24, 2.45) is 4.99 Å². The van der Waals surface area contributed by atoms with Crippen LogP contribution in [0.2, 0.25) is 0 Å². The molecule has 2 bridgehead atoms. The van der Waals surface area contributed by atoms with Crippen LogP contribution in [0.4, 0.5) is 10.2 Å². The summed E-state index contributed by atoms with van der Waals surface area (Å²) in [5.41, 5.74) is 2.75. The lowest BCUT2D eigenvalue weighted by Gasteiger charge is -2.38. The molecule has 2 fully saturated rings. The maximum Gasteiger partial charge on any atom is 0.212 e. The van der Waals surface area contributed by atoms with E-state index >= 15 is 0 Å². The van der Waals surface area contributed by atoms with Gasteiger partial charge in [-0.2, -0.15) is 0 Å². The van der Waals surface area contributed by atoms with Crippen molar-refractivity contribution in [1.82, 2.24) is 15.5 Å². The molecule has 3 heterocycles. The number of aliphatic imine (C=N–C) groups is 1. The molecule has 0 spiro atoms. The Bertz CT molecular complexity index is 1070. The van der Waals surface area contributed by atoms with E-state index in [9.17, 15) is 9.50 Å². The number of anilines is 1. The largest absolute Gasteiger partial charge is 0.507 e. The molecule has 33 heavy (non-hydrogen) atoms. The van der Waals surface area contributed by atoms with Crippen LogP contribution >= 0.6 is 0 Å².